The molecule has 3 rings (SSSR count). The van der Waals surface area contributed by atoms with Gasteiger partial charge in [-0.1, -0.05) is 12.1 Å². The summed E-state index contributed by atoms with van der Waals surface area (Å²) in [4.78, 5) is 26.3. The third kappa shape index (κ3) is 3.67. The van der Waals surface area contributed by atoms with Crippen molar-refractivity contribution in [2.24, 2.45) is 11.8 Å². The lowest BCUT2D eigenvalue weighted by molar-refractivity contribution is -0.126. The lowest BCUT2D eigenvalue weighted by atomic mass is 10.0. The van der Waals surface area contributed by atoms with Crippen molar-refractivity contribution in [2.75, 3.05) is 31.1 Å². The van der Waals surface area contributed by atoms with Crippen LogP contribution in [-0.2, 0) is 9.59 Å². The van der Waals surface area contributed by atoms with E-state index < -0.39 is 0 Å². The van der Waals surface area contributed by atoms with Gasteiger partial charge in [0.15, 0.2) is 0 Å². The Kier molecular flexibility index (Phi) is 5.65. The molecular weight excluding hydrogens is 314 g/mol. The van der Waals surface area contributed by atoms with E-state index in [1.165, 1.54) is 0 Å². The molecule has 1 atom stereocenters. The molecule has 0 aliphatic carbocycles. The lowest BCUT2D eigenvalue weighted by Gasteiger charge is -2.27. The first-order chi connectivity index (χ1) is 10.6. The van der Waals surface area contributed by atoms with Crippen molar-refractivity contribution in [3.05, 3.63) is 29.3 Å². The van der Waals surface area contributed by atoms with Crippen molar-refractivity contribution >= 4 is 29.9 Å². The van der Waals surface area contributed by atoms with Crippen LogP contribution in [0.1, 0.15) is 17.5 Å². The van der Waals surface area contributed by atoms with Crippen molar-refractivity contribution in [2.45, 2.75) is 20.3 Å². The fourth-order valence-corrected chi connectivity index (χ4v) is 3.03. The number of amides is 2. The number of halogens is 1. The normalized spacial score (nSPS) is 20.9. The first kappa shape index (κ1) is 17.8. The number of benzene rings is 1. The number of anilines is 1. The van der Waals surface area contributed by atoms with Gasteiger partial charge in [0, 0.05) is 44.2 Å². The predicted molar refractivity (Wildman–Crippen MR) is 93.0 cm³/mol. The summed E-state index contributed by atoms with van der Waals surface area (Å²) in [6.07, 6.45) is 0.308. The van der Waals surface area contributed by atoms with E-state index in [4.69, 9.17) is 0 Å². The molecule has 0 spiro atoms. The summed E-state index contributed by atoms with van der Waals surface area (Å²) in [5.74, 6) is 0.351. The van der Waals surface area contributed by atoms with Gasteiger partial charge < -0.3 is 15.5 Å². The third-order valence-corrected chi connectivity index (χ3v) is 4.79. The van der Waals surface area contributed by atoms with Gasteiger partial charge >= 0.3 is 0 Å². The van der Waals surface area contributed by atoms with Crippen LogP contribution in [0.4, 0.5) is 5.69 Å². The van der Waals surface area contributed by atoms with Crippen LogP contribution in [0.2, 0.25) is 0 Å². The number of carbonyl (C=O) groups excluding carboxylic acids is 2. The molecular formula is C17H24ClN3O2. The van der Waals surface area contributed by atoms with Crippen LogP contribution < -0.4 is 15.5 Å². The van der Waals surface area contributed by atoms with Gasteiger partial charge in [-0.15, -0.1) is 12.4 Å². The Balaban J connectivity index is 0.00000192. The SMILES string of the molecule is Cc1cccc(N2CC(C(=O)NCC3CNC3)CC2=O)c1C.Cl. The second-order valence-electron chi connectivity index (χ2n) is 6.39. The monoisotopic (exact) mass is 337 g/mol. The van der Waals surface area contributed by atoms with Crippen LogP contribution in [0.3, 0.4) is 0 Å². The maximum atomic E-state index is 12.3. The second kappa shape index (κ2) is 7.32. The molecule has 2 amide bonds. The van der Waals surface area contributed by atoms with Crippen molar-refractivity contribution in [1.82, 2.24) is 10.6 Å². The van der Waals surface area contributed by atoms with Gasteiger partial charge in [0.1, 0.15) is 0 Å². The summed E-state index contributed by atoms with van der Waals surface area (Å²) in [7, 11) is 0. The zero-order chi connectivity index (χ0) is 15.7. The first-order valence-electron chi connectivity index (χ1n) is 7.91. The maximum Gasteiger partial charge on any atom is 0.227 e. The van der Waals surface area contributed by atoms with E-state index in [1.807, 2.05) is 32.0 Å². The van der Waals surface area contributed by atoms with Crippen molar-refractivity contribution in [3.63, 3.8) is 0 Å². The third-order valence-electron chi connectivity index (χ3n) is 4.79. The van der Waals surface area contributed by atoms with E-state index in [0.29, 0.717) is 25.4 Å². The average Bonchev–Trinajstić information content (AvgIpc) is 2.82. The van der Waals surface area contributed by atoms with Crippen LogP contribution >= 0.6 is 12.4 Å². The molecule has 5 nitrogen and oxygen atoms in total. The summed E-state index contributed by atoms with van der Waals surface area (Å²) < 4.78 is 0. The van der Waals surface area contributed by atoms with Crippen LogP contribution in [0.15, 0.2) is 18.2 Å². The van der Waals surface area contributed by atoms with E-state index >= 15 is 0 Å². The smallest absolute Gasteiger partial charge is 0.227 e. The molecule has 1 aromatic rings. The fourth-order valence-electron chi connectivity index (χ4n) is 3.03. The summed E-state index contributed by atoms with van der Waals surface area (Å²) in [6.45, 7) is 7.19. The Morgan fingerprint density at radius 1 is 1.35 bits per heavy atom. The molecule has 2 saturated heterocycles. The summed E-state index contributed by atoms with van der Waals surface area (Å²) in [5, 5.41) is 6.18. The van der Waals surface area contributed by atoms with Gasteiger partial charge in [-0.25, -0.2) is 0 Å². The van der Waals surface area contributed by atoms with E-state index in [-0.39, 0.29) is 30.1 Å². The van der Waals surface area contributed by atoms with Crippen LogP contribution in [0.5, 0.6) is 0 Å². The molecule has 2 fully saturated rings. The standard InChI is InChI=1S/C17H23N3O2.ClH/c1-11-4-3-5-15(12(11)2)20-10-14(6-16(20)21)17(22)19-9-13-7-18-8-13;/h3-5,13-14,18H,6-10H2,1-2H3,(H,19,22);1H. The molecule has 0 aromatic heterocycles. The topological polar surface area (TPSA) is 61.4 Å². The molecule has 1 aromatic carbocycles. The maximum absolute atomic E-state index is 12.3. The molecule has 2 aliphatic rings. The number of nitrogens with one attached hydrogen (secondary N) is 2. The second-order valence-corrected chi connectivity index (χ2v) is 6.39. The minimum absolute atomic E-state index is 0. The van der Waals surface area contributed by atoms with E-state index in [9.17, 15) is 9.59 Å². The highest BCUT2D eigenvalue weighted by Crippen LogP contribution is 2.29. The molecule has 126 valence electrons. The van der Waals surface area contributed by atoms with Gasteiger partial charge in [0.2, 0.25) is 11.8 Å². The Bertz CT molecular complexity index is 602. The molecule has 23 heavy (non-hydrogen) atoms. The summed E-state index contributed by atoms with van der Waals surface area (Å²) >= 11 is 0. The fraction of sp³-hybridized carbons (Fsp3) is 0.529. The van der Waals surface area contributed by atoms with E-state index in [2.05, 4.69) is 10.6 Å². The Hall–Kier alpha value is -1.59. The number of aryl methyl sites for hydroxylation is 1. The highest BCUT2D eigenvalue weighted by Gasteiger charge is 2.36. The van der Waals surface area contributed by atoms with E-state index in [1.54, 1.807) is 4.90 Å². The predicted octanol–water partition coefficient (Wildman–Crippen LogP) is 1.41. The van der Waals surface area contributed by atoms with Gasteiger partial charge in [-0.3, -0.25) is 9.59 Å². The van der Waals surface area contributed by atoms with Crippen molar-refractivity contribution < 1.29 is 9.59 Å². The Morgan fingerprint density at radius 3 is 2.74 bits per heavy atom. The zero-order valence-corrected chi connectivity index (χ0v) is 14.4. The van der Waals surface area contributed by atoms with Crippen molar-refractivity contribution in [1.29, 1.82) is 0 Å². The van der Waals surface area contributed by atoms with Crippen LogP contribution in [0.25, 0.3) is 0 Å². The molecule has 2 heterocycles. The van der Waals surface area contributed by atoms with Gasteiger partial charge in [-0.2, -0.15) is 0 Å². The highest BCUT2D eigenvalue weighted by atomic mass is 35.5. The molecule has 2 aliphatic heterocycles. The minimum atomic E-state index is -0.236. The van der Waals surface area contributed by atoms with Gasteiger partial charge in [-0.05, 0) is 31.0 Å². The average molecular weight is 338 g/mol. The number of rotatable bonds is 4. The summed E-state index contributed by atoms with van der Waals surface area (Å²) in [5.41, 5.74) is 3.21. The molecule has 0 radical (unpaired) electrons. The molecule has 0 saturated carbocycles. The van der Waals surface area contributed by atoms with Gasteiger partial charge in [0.05, 0.1) is 5.92 Å². The number of hydrogen-bond acceptors (Lipinski definition) is 3. The summed E-state index contributed by atoms with van der Waals surface area (Å²) in [6, 6.07) is 5.96. The molecule has 0 bridgehead atoms. The molecule has 2 N–H and O–H groups in total. The lowest BCUT2D eigenvalue weighted by Crippen LogP contribution is -2.49. The minimum Gasteiger partial charge on any atom is -0.355 e. The first-order valence-corrected chi connectivity index (χ1v) is 7.91. The van der Waals surface area contributed by atoms with Crippen molar-refractivity contribution in [3.8, 4) is 0 Å². The number of hydrogen-bond donors (Lipinski definition) is 2. The van der Waals surface area contributed by atoms with Gasteiger partial charge in [0.25, 0.3) is 0 Å². The Morgan fingerprint density at radius 2 is 2.09 bits per heavy atom. The number of carbonyl (C=O) groups is 2. The molecule has 1 unspecified atom stereocenters. The van der Waals surface area contributed by atoms with E-state index in [0.717, 1.165) is 29.9 Å². The molecule has 6 heteroatoms. The zero-order valence-electron chi connectivity index (χ0n) is 13.6. The van der Waals surface area contributed by atoms with Crippen LogP contribution in [-0.4, -0.2) is 38.0 Å². The van der Waals surface area contributed by atoms with Crippen LogP contribution in [0, 0.1) is 25.7 Å². The quantitative estimate of drug-likeness (QED) is 0.873. The largest absolute Gasteiger partial charge is 0.355 e. The number of nitrogens with zero attached hydrogens (tertiary/aromatic N) is 1. The Labute approximate surface area is 143 Å². The highest BCUT2D eigenvalue weighted by molar-refractivity contribution is 6.00.